The van der Waals surface area contributed by atoms with E-state index in [2.05, 4.69) is 27.7 Å². The molecule has 0 rings (SSSR count). The van der Waals surface area contributed by atoms with E-state index in [0.717, 1.165) is 13.2 Å². The van der Waals surface area contributed by atoms with Crippen molar-refractivity contribution >= 4 is 6.16 Å². The van der Waals surface area contributed by atoms with Crippen LogP contribution >= 0.6 is 0 Å². The van der Waals surface area contributed by atoms with Gasteiger partial charge in [-0.1, -0.05) is 6.92 Å². The van der Waals surface area contributed by atoms with Crippen LogP contribution in [0.2, 0.25) is 0 Å². The fourth-order valence-electron chi connectivity index (χ4n) is 1.84. The molecule has 0 unspecified atom stereocenters. The SMILES string of the molecule is CCC[N+](CC)(CC)CCOCC.O=C([O-])O. The second-order valence-corrected chi connectivity index (χ2v) is 3.88. The van der Waals surface area contributed by atoms with Crippen molar-refractivity contribution in [2.45, 2.75) is 34.1 Å². The van der Waals surface area contributed by atoms with Crippen molar-refractivity contribution in [3.05, 3.63) is 0 Å². The molecule has 0 radical (unpaired) electrons. The van der Waals surface area contributed by atoms with E-state index in [9.17, 15) is 0 Å². The van der Waals surface area contributed by atoms with Gasteiger partial charge in [-0.2, -0.15) is 0 Å². The number of carbonyl (C=O) groups is 1. The summed E-state index contributed by atoms with van der Waals surface area (Å²) in [5.41, 5.74) is 0. The maximum atomic E-state index is 8.44. The zero-order valence-corrected chi connectivity index (χ0v) is 11.6. The maximum Gasteiger partial charge on any atom is 0.249 e. The summed E-state index contributed by atoms with van der Waals surface area (Å²) in [6.45, 7) is 15.6. The van der Waals surface area contributed by atoms with Gasteiger partial charge in [0.05, 0.1) is 26.2 Å². The van der Waals surface area contributed by atoms with Gasteiger partial charge in [0.25, 0.3) is 0 Å². The minimum Gasteiger partial charge on any atom is -0.565 e. The molecule has 0 saturated heterocycles. The number of rotatable bonds is 8. The lowest BCUT2D eigenvalue weighted by Crippen LogP contribution is -2.50. The first-order chi connectivity index (χ1) is 7.97. The fraction of sp³-hybridized carbons (Fsp3) is 0.917. The van der Waals surface area contributed by atoms with E-state index in [4.69, 9.17) is 19.7 Å². The summed E-state index contributed by atoms with van der Waals surface area (Å²) in [6.07, 6.45) is -0.812. The van der Waals surface area contributed by atoms with E-state index in [1.165, 1.54) is 37.1 Å². The Morgan fingerprint density at radius 1 is 1.18 bits per heavy atom. The minimum atomic E-state index is -2.08. The zero-order chi connectivity index (χ0) is 13.7. The number of quaternary nitrogens is 1. The Labute approximate surface area is 105 Å². The lowest BCUT2D eigenvalue weighted by atomic mass is 10.3. The first-order valence-electron chi connectivity index (χ1n) is 6.30. The van der Waals surface area contributed by atoms with Crippen molar-refractivity contribution in [1.82, 2.24) is 0 Å². The molecule has 0 atom stereocenters. The molecule has 5 heteroatoms. The smallest absolute Gasteiger partial charge is 0.249 e. The quantitative estimate of drug-likeness (QED) is 0.518. The van der Waals surface area contributed by atoms with Crippen molar-refractivity contribution in [3.8, 4) is 0 Å². The first-order valence-corrected chi connectivity index (χ1v) is 6.30. The molecule has 0 aromatic carbocycles. The van der Waals surface area contributed by atoms with Gasteiger partial charge in [-0.25, -0.2) is 0 Å². The van der Waals surface area contributed by atoms with Gasteiger partial charge in [0, 0.05) is 6.61 Å². The van der Waals surface area contributed by atoms with Crippen LogP contribution in [0.1, 0.15) is 34.1 Å². The second-order valence-electron chi connectivity index (χ2n) is 3.88. The summed E-state index contributed by atoms with van der Waals surface area (Å²) >= 11 is 0. The van der Waals surface area contributed by atoms with Gasteiger partial charge >= 0.3 is 0 Å². The van der Waals surface area contributed by atoms with Crippen LogP contribution in [0.25, 0.3) is 0 Å². The summed E-state index contributed by atoms with van der Waals surface area (Å²) in [7, 11) is 0. The first kappa shape index (κ1) is 18.6. The molecule has 0 bridgehead atoms. The summed E-state index contributed by atoms with van der Waals surface area (Å²) in [5, 5.41) is 15.3. The molecule has 0 aliphatic heterocycles. The van der Waals surface area contributed by atoms with Gasteiger partial charge in [0.2, 0.25) is 6.16 Å². The third-order valence-corrected chi connectivity index (χ3v) is 2.95. The molecule has 0 heterocycles. The molecule has 0 aromatic rings. The van der Waals surface area contributed by atoms with Crippen molar-refractivity contribution in [2.24, 2.45) is 0 Å². The van der Waals surface area contributed by atoms with Crippen LogP contribution in [-0.4, -0.2) is 55.1 Å². The van der Waals surface area contributed by atoms with E-state index in [1.54, 1.807) is 0 Å². The van der Waals surface area contributed by atoms with Gasteiger partial charge in [-0.05, 0) is 27.2 Å². The Bertz CT molecular complexity index is 177. The minimum absolute atomic E-state index is 0.847. The van der Waals surface area contributed by atoms with E-state index >= 15 is 0 Å². The number of carboxylic acid groups (broad SMARTS) is 2. The van der Waals surface area contributed by atoms with Crippen LogP contribution in [0.15, 0.2) is 0 Å². The van der Waals surface area contributed by atoms with Crippen LogP contribution in [0.5, 0.6) is 0 Å². The highest BCUT2D eigenvalue weighted by Crippen LogP contribution is 2.07. The molecule has 0 aliphatic carbocycles. The normalized spacial score (nSPS) is 10.6. The number of hydrogen-bond donors (Lipinski definition) is 1. The largest absolute Gasteiger partial charge is 0.565 e. The highest BCUT2D eigenvalue weighted by atomic mass is 16.6. The van der Waals surface area contributed by atoms with Crippen LogP contribution < -0.4 is 5.11 Å². The predicted octanol–water partition coefficient (Wildman–Crippen LogP) is 1.18. The Morgan fingerprint density at radius 2 is 1.65 bits per heavy atom. The second kappa shape index (κ2) is 11.7. The zero-order valence-electron chi connectivity index (χ0n) is 11.6. The van der Waals surface area contributed by atoms with Gasteiger partial charge in [-0.15, -0.1) is 0 Å². The third-order valence-electron chi connectivity index (χ3n) is 2.95. The van der Waals surface area contributed by atoms with Crippen molar-refractivity contribution < 1.29 is 24.2 Å². The van der Waals surface area contributed by atoms with Gasteiger partial charge in [-0.3, -0.25) is 0 Å². The van der Waals surface area contributed by atoms with Crippen LogP contribution in [-0.2, 0) is 4.74 Å². The summed E-state index contributed by atoms with van der Waals surface area (Å²) < 4.78 is 6.64. The Kier molecular flexibility index (Phi) is 12.7. The molecule has 5 nitrogen and oxygen atoms in total. The summed E-state index contributed by atoms with van der Waals surface area (Å²) in [4.78, 5) is 8.44. The molecule has 0 fully saturated rings. The van der Waals surface area contributed by atoms with E-state index in [-0.39, 0.29) is 0 Å². The lowest BCUT2D eigenvalue weighted by Gasteiger charge is -2.36. The summed E-state index contributed by atoms with van der Waals surface area (Å²) in [5.74, 6) is 0. The highest BCUT2D eigenvalue weighted by Gasteiger charge is 2.20. The van der Waals surface area contributed by atoms with Crippen molar-refractivity contribution in [2.75, 3.05) is 39.4 Å². The Hall–Kier alpha value is -0.810. The van der Waals surface area contributed by atoms with E-state index < -0.39 is 6.16 Å². The molecule has 104 valence electrons. The number of likely N-dealkylation sites (N-methyl/N-ethyl adjacent to an activating group) is 1. The number of hydrogen-bond acceptors (Lipinski definition) is 3. The molecule has 0 aromatic heterocycles. The number of ether oxygens (including phenoxy) is 1. The Balaban J connectivity index is 0. The van der Waals surface area contributed by atoms with Crippen molar-refractivity contribution in [3.63, 3.8) is 0 Å². The molecule has 1 N–H and O–H groups in total. The van der Waals surface area contributed by atoms with Crippen LogP contribution in [0.3, 0.4) is 0 Å². The number of nitrogens with zero attached hydrogens (tertiary/aromatic N) is 1. The van der Waals surface area contributed by atoms with Crippen LogP contribution in [0, 0.1) is 0 Å². The lowest BCUT2D eigenvalue weighted by molar-refractivity contribution is -0.925. The molecule has 0 amide bonds. The fourth-order valence-corrected chi connectivity index (χ4v) is 1.84. The predicted molar refractivity (Wildman–Crippen MR) is 65.9 cm³/mol. The molecular weight excluding hydrogens is 222 g/mol. The third kappa shape index (κ3) is 11.5. The standard InChI is InChI=1S/C11H26NO.CH2O3/c1-5-9-12(6-2,7-3)10-11-13-8-4;2-1(3)4/h5-11H2,1-4H3;(H2,2,3,4)/q+1;/p-1. The molecule has 0 aliphatic rings. The Morgan fingerprint density at radius 3 is 1.94 bits per heavy atom. The topological polar surface area (TPSA) is 69.6 Å². The van der Waals surface area contributed by atoms with E-state index in [1.807, 2.05) is 0 Å². The molecule has 17 heavy (non-hydrogen) atoms. The van der Waals surface area contributed by atoms with Gasteiger partial charge in [0.15, 0.2) is 0 Å². The van der Waals surface area contributed by atoms with Crippen LogP contribution in [0.4, 0.5) is 4.79 Å². The molecular formula is C12H27NO4. The average Bonchev–Trinajstić information content (AvgIpc) is 2.27. The maximum absolute atomic E-state index is 8.44. The van der Waals surface area contributed by atoms with E-state index in [0.29, 0.717) is 0 Å². The summed E-state index contributed by atoms with van der Waals surface area (Å²) in [6, 6.07) is 0. The van der Waals surface area contributed by atoms with Gasteiger partial charge in [0.1, 0.15) is 6.54 Å². The highest BCUT2D eigenvalue weighted by molar-refractivity contribution is 5.50. The van der Waals surface area contributed by atoms with Gasteiger partial charge < -0.3 is 24.2 Å². The van der Waals surface area contributed by atoms with Crippen molar-refractivity contribution in [1.29, 1.82) is 0 Å². The average molecular weight is 249 g/mol. The molecule has 0 spiro atoms. The molecule has 0 saturated carbocycles. The monoisotopic (exact) mass is 249 g/mol.